The molecule has 156 valence electrons. The Kier molecular flexibility index (Phi) is 5.05. The maximum absolute atomic E-state index is 12.3. The zero-order valence-electron chi connectivity index (χ0n) is 15.9. The molecule has 1 amide bonds. The van der Waals surface area contributed by atoms with E-state index in [2.05, 4.69) is 15.3 Å². The number of rotatable bonds is 3. The molecule has 9 heteroatoms. The van der Waals surface area contributed by atoms with Crippen LogP contribution in [-0.4, -0.2) is 29.3 Å². The molecule has 1 aliphatic heterocycles. The minimum Gasteiger partial charge on any atom is -0.486 e. The maximum Gasteiger partial charge on any atom is 0.417 e. The van der Waals surface area contributed by atoms with Crippen LogP contribution in [0.4, 0.5) is 10.5 Å². The number of nitrogens with one attached hydrogen (secondary N) is 2. The summed E-state index contributed by atoms with van der Waals surface area (Å²) in [6.07, 6.45) is -0.634. The molecule has 0 fully saturated rings. The molecule has 0 bridgehead atoms. The lowest BCUT2D eigenvalue weighted by molar-refractivity contribution is 0.171. The summed E-state index contributed by atoms with van der Waals surface area (Å²) in [5.74, 6) is 2.10. The number of amides is 1. The Bertz CT molecular complexity index is 1290. The van der Waals surface area contributed by atoms with Gasteiger partial charge in [-0.1, -0.05) is 29.3 Å². The molecule has 7 nitrogen and oxygen atoms in total. The van der Waals surface area contributed by atoms with Crippen molar-refractivity contribution in [1.82, 2.24) is 9.97 Å². The number of imidazole rings is 1. The topological polar surface area (TPSA) is 85.5 Å². The van der Waals surface area contributed by atoms with Crippen LogP contribution < -0.4 is 19.5 Å². The predicted octanol–water partition coefficient (Wildman–Crippen LogP) is 5.92. The number of benzene rings is 3. The van der Waals surface area contributed by atoms with E-state index in [4.69, 9.17) is 37.4 Å². The molecule has 0 saturated heterocycles. The standard InChI is InChI=1S/C22H15Cl2N3O4/c23-14-2-1-3-15(24)20(14)21-26-16-6-5-13(11-17(16)27-21)31-22(28)25-12-4-7-18-19(10-12)30-9-8-29-18/h1-7,10-11H,8-9H2,(H,25,28)(H,26,27). The Morgan fingerprint density at radius 1 is 1.00 bits per heavy atom. The van der Waals surface area contributed by atoms with Gasteiger partial charge in [0.05, 0.1) is 26.6 Å². The summed E-state index contributed by atoms with van der Waals surface area (Å²) in [6.45, 7) is 0.967. The summed E-state index contributed by atoms with van der Waals surface area (Å²) in [5, 5.41) is 3.65. The third kappa shape index (κ3) is 3.97. The van der Waals surface area contributed by atoms with Gasteiger partial charge in [0.25, 0.3) is 0 Å². The van der Waals surface area contributed by atoms with Gasteiger partial charge in [0.15, 0.2) is 11.5 Å². The van der Waals surface area contributed by atoms with Crippen LogP contribution in [0, 0.1) is 0 Å². The summed E-state index contributed by atoms with van der Waals surface area (Å²) in [4.78, 5) is 20.0. The first-order chi connectivity index (χ1) is 15.1. The summed E-state index contributed by atoms with van der Waals surface area (Å²) in [6, 6.07) is 15.5. The maximum atomic E-state index is 12.3. The number of carbonyl (C=O) groups excluding carboxylic acids is 1. The van der Waals surface area contributed by atoms with Crippen LogP contribution in [0.1, 0.15) is 0 Å². The van der Waals surface area contributed by atoms with E-state index in [1.807, 2.05) is 0 Å². The number of anilines is 1. The summed E-state index contributed by atoms with van der Waals surface area (Å²) >= 11 is 12.5. The minimum atomic E-state index is -0.634. The predicted molar refractivity (Wildman–Crippen MR) is 119 cm³/mol. The van der Waals surface area contributed by atoms with Gasteiger partial charge >= 0.3 is 6.09 Å². The number of aromatic amines is 1. The molecule has 2 N–H and O–H groups in total. The fourth-order valence-corrected chi connectivity index (χ4v) is 3.84. The lowest BCUT2D eigenvalue weighted by Crippen LogP contribution is -2.18. The Hall–Kier alpha value is -3.42. The fourth-order valence-electron chi connectivity index (χ4n) is 3.27. The van der Waals surface area contributed by atoms with Gasteiger partial charge in [0.2, 0.25) is 0 Å². The van der Waals surface area contributed by atoms with Crippen LogP contribution in [0.25, 0.3) is 22.4 Å². The van der Waals surface area contributed by atoms with Crippen LogP contribution in [0.2, 0.25) is 10.0 Å². The van der Waals surface area contributed by atoms with Crippen LogP contribution in [-0.2, 0) is 0 Å². The summed E-state index contributed by atoms with van der Waals surface area (Å²) in [7, 11) is 0. The number of aromatic nitrogens is 2. The zero-order chi connectivity index (χ0) is 21.4. The fraction of sp³-hybridized carbons (Fsp3) is 0.0909. The van der Waals surface area contributed by atoms with E-state index in [0.29, 0.717) is 68.6 Å². The average Bonchev–Trinajstić information content (AvgIpc) is 3.16. The van der Waals surface area contributed by atoms with Gasteiger partial charge in [-0.2, -0.15) is 0 Å². The zero-order valence-corrected chi connectivity index (χ0v) is 17.5. The van der Waals surface area contributed by atoms with Crippen molar-refractivity contribution in [3.05, 3.63) is 64.6 Å². The number of H-pyrrole nitrogens is 1. The molecule has 0 saturated carbocycles. The number of hydrogen-bond acceptors (Lipinski definition) is 5. The highest BCUT2D eigenvalue weighted by Crippen LogP contribution is 2.35. The largest absolute Gasteiger partial charge is 0.486 e. The normalized spacial score (nSPS) is 12.6. The first-order valence-electron chi connectivity index (χ1n) is 9.39. The van der Waals surface area contributed by atoms with Crippen molar-refractivity contribution in [3.8, 4) is 28.6 Å². The van der Waals surface area contributed by atoms with Crippen molar-refractivity contribution in [1.29, 1.82) is 0 Å². The third-order valence-corrected chi connectivity index (χ3v) is 5.28. The molecule has 0 spiro atoms. The number of hydrogen-bond donors (Lipinski definition) is 2. The quantitative estimate of drug-likeness (QED) is 0.400. The number of halogens is 2. The van der Waals surface area contributed by atoms with Crippen molar-refractivity contribution >= 4 is 46.0 Å². The Balaban J connectivity index is 1.34. The minimum absolute atomic E-state index is 0.350. The van der Waals surface area contributed by atoms with Crippen LogP contribution in [0.3, 0.4) is 0 Å². The van der Waals surface area contributed by atoms with Gasteiger partial charge in [-0.15, -0.1) is 0 Å². The van der Waals surface area contributed by atoms with Crippen molar-refractivity contribution in [3.63, 3.8) is 0 Å². The number of carbonyl (C=O) groups is 1. The van der Waals surface area contributed by atoms with E-state index >= 15 is 0 Å². The molecular formula is C22H15Cl2N3O4. The van der Waals surface area contributed by atoms with Crippen LogP contribution in [0.15, 0.2) is 54.6 Å². The highest BCUT2D eigenvalue weighted by Gasteiger charge is 2.15. The van der Waals surface area contributed by atoms with E-state index in [0.717, 1.165) is 0 Å². The first kappa shape index (κ1) is 19.5. The smallest absolute Gasteiger partial charge is 0.417 e. The lowest BCUT2D eigenvalue weighted by Gasteiger charge is -2.18. The van der Waals surface area contributed by atoms with Crippen molar-refractivity contribution in [2.45, 2.75) is 0 Å². The molecule has 1 aromatic heterocycles. The summed E-state index contributed by atoms with van der Waals surface area (Å²) < 4.78 is 16.4. The van der Waals surface area contributed by atoms with Gasteiger partial charge < -0.3 is 19.2 Å². The van der Waals surface area contributed by atoms with Crippen molar-refractivity contribution in [2.75, 3.05) is 18.5 Å². The molecule has 2 heterocycles. The van der Waals surface area contributed by atoms with E-state index in [-0.39, 0.29) is 0 Å². The Labute approximate surface area is 186 Å². The van der Waals surface area contributed by atoms with E-state index in [9.17, 15) is 4.79 Å². The van der Waals surface area contributed by atoms with Crippen LogP contribution in [0.5, 0.6) is 17.2 Å². The molecule has 31 heavy (non-hydrogen) atoms. The lowest BCUT2D eigenvalue weighted by atomic mass is 10.2. The molecule has 1 aliphatic rings. The molecule has 5 rings (SSSR count). The number of fused-ring (bicyclic) bond motifs is 2. The second-order valence-corrected chi connectivity index (χ2v) is 7.55. The van der Waals surface area contributed by atoms with E-state index < -0.39 is 6.09 Å². The highest BCUT2D eigenvalue weighted by molar-refractivity contribution is 6.39. The molecule has 3 aromatic carbocycles. The highest BCUT2D eigenvalue weighted by atomic mass is 35.5. The molecule has 0 atom stereocenters. The molecule has 0 unspecified atom stereocenters. The SMILES string of the molecule is O=C(Nc1ccc2c(c1)OCCO2)Oc1ccc2nc(-c3c(Cl)cccc3Cl)[nH]c2c1. The molecular weight excluding hydrogens is 441 g/mol. The Morgan fingerprint density at radius 3 is 2.58 bits per heavy atom. The number of nitrogens with zero attached hydrogens (tertiary/aromatic N) is 1. The first-order valence-corrected chi connectivity index (χ1v) is 10.1. The van der Waals surface area contributed by atoms with Gasteiger partial charge in [0.1, 0.15) is 24.8 Å². The van der Waals surface area contributed by atoms with Gasteiger partial charge in [-0.05, 0) is 36.4 Å². The molecule has 4 aromatic rings. The second-order valence-electron chi connectivity index (χ2n) is 6.73. The van der Waals surface area contributed by atoms with Crippen LogP contribution >= 0.6 is 23.2 Å². The molecule has 0 radical (unpaired) electrons. The van der Waals surface area contributed by atoms with Crippen molar-refractivity contribution < 1.29 is 19.0 Å². The van der Waals surface area contributed by atoms with E-state index in [1.54, 1.807) is 54.6 Å². The average molecular weight is 456 g/mol. The van der Waals surface area contributed by atoms with Gasteiger partial charge in [-0.25, -0.2) is 9.78 Å². The monoisotopic (exact) mass is 455 g/mol. The third-order valence-electron chi connectivity index (χ3n) is 4.65. The van der Waals surface area contributed by atoms with Gasteiger partial charge in [0, 0.05) is 17.8 Å². The van der Waals surface area contributed by atoms with Gasteiger partial charge in [-0.3, -0.25) is 5.32 Å². The summed E-state index contributed by atoms with van der Waals surface area (Å²) in [5.41, 5.74) is 2.51. The van der Waals surface area contributed by atoms with Crippen molar-refractivity contribution in [2.24, 2.45) is 0 Å². The molecule has 0 aliphatic carbocycles. The van der Waals surface area contributed by atoms with E-state index in [1.165, 1.54) is 0 Å². The second kappa shape index (κ2) is 8.02. The Morgan fingerprint density at radius 2 is 1.77 bits per heavy atom. The number of ether oxygens (including phenoxy) is 3.